The molecule has 140 valence electrons. The minimum Gasteiger partial charge on any atom is -0.396 e. The third-order valence-corrected chi connectivity index (χ3v) is 5.04. The van der Waals surface area contributed by atoms with Gasteiger partial charge in [0, 0.05) is 4.91 Å². The maximum atomic E-state index is 9.27. The Morgan fingerprint density at radius 2 is 1.54 bits per heavy atom. The quantitative estimate of drug-likeness (QED) is 0.109. The molecule has 0 aromatic carbocycles. The lowest BCUT2D eigenvalue weighted by Gasteiger charge is -2.23. The fourth-order valence-electron chi connectivity index (χ4n) is 2.97. The zero-order chi connectivity index (χ0) is 18.0. The fourth-order valence-corrected chi connectivity index (χ4v) is 2.97. The molecule has 4 nitrogen and oxygen atoms in total. The van der Waals surface area contributed by atoms with Crippen LogP contribution in [0, 0.1) is 11.8 Å². The minimum atomic E-state index is -0.310. The molecule has 0 unspecified atom stereocenters. The minimum absolute atomic E-state index is 0.0717. The Kier molecular flexibility index (Phi) is 16.2. The predicted octanol–water partition coefficient (Wildman–Crippen LogP) is 6.80. The van der Waals surface area contributed by atoms with Crippen molar-refractivity contribution in [3.8, 4) is 0 Å². The zero-order valence-electron chi connectivity index (χ0n) is 16.2. The summed E-state index contributed by atoms with van der Waals surface area (Å²) in [6.45, 7) is 6.40. The number of azide groups is 1. The molecule has 0 saturated carbocycles. The number of hydrogen-bond donors (Lipinski definition) is 1. The van der Waals surface area contributed by atoms with Gasteiger partial charge in [0.15, 0.2) is 0 Å². The monoisotopic (exact) mass is 337 g/mol. The summed E-state index contributed by atoms with van der Waals surface area (Å²) in [5.41, 5.74) is 8.52. The van der Waals surface area contributed by atoms with Crippen molar-refractivity contribution in [1.82, 2.24) is 0 Å². The van der Waals surface area contributed by atoms with Crippen molar-refractivity contribution in [1.29, 1.82) is 0 Å². The Bertz CT molecular complexity index is 351. The second-order valence-electron chi connectivity index (χ2n) is 7.12. The van der Waals surface area contributed by atoms with E-state index in [9.17, 15) is 5.11 Å². The second-order valence-corrected chi connectivity index (χ2v) is 7.12. The molecule has 4 heteroatoms. The maximum absolute atomic E-state index is 9.27. The van der Waals surface area contributed by atoms with Crippen molar-refractivity contribution in [3.63, 3.8) is 0 Å². The molecule has 3 atom stereocenters. The SMILES string of the molecule is CCCCCCCCCCCC=CC[C@@H](C)[C@@H](C)[C@H](CO)N=[N+]=[N-]. The van der Waals surface area contributed by atoms with Gasteiger partial charge in [0.05, 0.1) is 12.6 Å². The van der Waals surface area contributed by atoms with Crippen molar-refractivity contribution in [2.75, 3.05) is 6.61 Å². The van der Waals surface area contributed by atoms with Crippen LogP contribution >= 0.6 is 0 Å². The second kappa shape index (κ2) is 16.9. The van der Waals surface area contributed by atoms with Crippen LogP contribution in [0.4, 0.5) is 0 Å². The number of allylic oxidation sites excluding steroid dienone is 2. The van der Waals surface area contributed by atoms with Gasteiger partial charge in [-0.15, -0.1) is 0 Å². The Hall–Kier alpha value is -0.990. The van der Waals surface area contributed by atoms with Crippen molar-refractivity contribution in [2.24, 2.45) is 17.0 Å². The molecule has 0 saturated heterocycles. The van der Waals surface area contributed by atoms with Crippen LogP contribution in [0.1, 0.15) is 91.4 Å². The van der Waals surface area contributed by atoms with Crippen molar-refractivity contribution < 1.29 is 5.11 Å². The van der Waals surface area contributed by atoms with Gasteiger partial charge in [0.1, 0.15) is 0 Å². The van der Waals surface area contributed by atoms with E-state index in [1.807, 2.05) is 0 Å². The van der Waals surface area contributed by atoms with Crippen molar-refractivity contribution in [3.05, 3.63) is 22.6 Å². The van der Waals surface area contributed by atoms with Crippen LogP contribution in [-0.2, 0) is 0 Å². The van der Waals surface area contributed by atoms with Gasteiger partial charge >= 0.3 is 0 Å². The zero-order valence-corrected chi connectivity index (χ0v) is 16.2. The molecule has 0 aliphatic carbocycles. The average Bonchev–Trinajstić information content (AvgIpc) is 2.59. The molecule has 0 bridgehead atoms. The number of rotatable bonds is 16. The molecule has 0 aliphatic heterocycles. The van der Waals surface area contributed by atoms with E-state index in [4.69, 9.17) is 5.53 Å². The van der Waals surface area contributed by atoms with Crippen LogP contribution in [0.5, 0.6) is 0 Å². The lowest BCUT2D eigenvalue weighted by Crippen LogP contribution is -2.25. The summed E-state index contributed by atoms with van der Waals surface area (Å²) in [6.07, 6.45) is 19.0. The van der Waals surface area contributed by atoms with E-state index in [1.54, 1.807) is 0 Å². The predicted molar refractivity (Wildman–Crippen MR) is 104 cm³/mol. The van der Waals surface area contributed by atoms with Crippen molar-refractivity contribution >= 4 is 0 Å². The smallest absolute Gasteiger partial charge is 0.0633 e. The first-order valence-corrected chi connectivity index (χ1v) is 9.97. The maximum Gasteiger partial charge on any atom is 0.0633 e. The van der Waals surface area contributed by atoms with Crippen LogP contribution in [0.3, 0.4) is 0 Å². The number of hydrogen-bond acceptors (Lipinski definition) is 2. The van der Waals surface area contributed by atoms with Gasteiger partial charge in [-0.25, -0.2) is 0 Å². The highest BCUT2D eigenvalue weighted by Gasteiger charge is 2.20. The molecule has 1 N–H and O–H groups in total. The fraction of sp³-hybridized carbons (Fsp3) is 0.900. The summed E-state index contributed by atoms with van der Waals surface area (Å²) in [5.74, 6) is 0.607. The van der Waals surface area contributed by atoms with Crippen LogP contribution in [0.15, 0.2) is 17.3 Å². The number of aliphatic hydroxyl groups excluding tert-OH is 1. The molecule has 24 heavy (non-hydrogen) atoms. The first-order chi connectivity index (χ1) is 11.7. The Balaban J connectivity index is 3.62. The highest BCUT2D eigenvalue weighted by atomic mass is 16.3. The molecule has 0 heterocycles. The molecule has 0 aromatic rings. The Labute approximate surface area is 149 Å². The van der Waals surface area contributed by atoms with E-state index in [0.717, 1.165) is 12.8 Å². The summed E-state index contributed by atoms with van der Waals surface area (Å²) in [4.78, 5) is 2.82. The van der Waals surface area contributed by atoms with E-state index in [2.05, 4.69) is 42.9 Å². The lowest BCUT2D eigenvalue weighted by molar-refractivity contribution is 0.203. The molecular weight excluding hydrogens is 298 g/mol. The van der Waals surface area contributed by atoms with E-state index < -0.39 is 0 Å². The topological polar surface area (TPSA) is 69.0 Å². The molecule has 0 rings (SSSR count). The standard InChI is InChI=1S/C20H39N3O/c1-4-5-6-7-8-9-10-11-12-13-14-15-16-18(2)19(3)20(17-24)22-23-21/h14-15,18-20,24H,4-13,16-17H2,1-3H3/t18-,19-,20+/m1/s1. The van der Waals surface area contributed by atoms with Gasteiger partial charge in [-0.1, -0.05) is 89.4 Å². The lowest BCUT2D eigenvalue weighted by atomic mass is 9.87. The van der Waals surface area contributed by atoms with Crippen LogP contribution in [0.2, 0.25) is 0 Å². The third-order valence-electron chi connectivity index (χ3n) is 5.04. The largest absolute Gasteiger partial charge is 0.396 e. The normalized spacial score (nSPS) is 15.2. The molecular formula is C20H39N3O. The molecule has 0 spiro atoms. The van der Waals surface area contributed by atoms with E-state index in [0.29, 0.717) is 5.92 Å². The van der Waals surface area contributed by atoms with Gasteiger partial charge in [-0.3, -0.25) is 0 Å². The van der Waals surface area contributed by atoms with E-state index in [-0.39, 0.29) is 18.6 Å². The van der Waals surface area contributed by atoms with Crippen molar-refractivity contribution in [2.45, 2.75) is 97.4 Å². The van der Waals surface area contributed by atoms with Crippen LogP contribution in [-0.4, -0.2) is 17.8 Å². The molecule has 0 fully saturated rings. The van der Waals surface area contributed by atoms with Crippen LogP contribution < -0.4 is 0 Å². The Morgan fingerprint density at radius 1 is 0.958 bits per heavy atom. The first-order valence-electron chi connectivity index (χ1n) is 9.97. The molecule has 0 aromatic heterocycles. The Morgan fingerprint density at radius 3 is 2.08 bits per heavy atom. The number of unbranched alkanes of at least 4 members (excludes halogenated alkanes) is 9. The van der Waals surface area contributed by atoms with Gasteiger partial charge in [-0.05, 0) is 36.6 Å². The molecule has 0 radical (unpaired) electrons. The molecule has 0 aliphatic rings. The highest BCUT2D eigenvalue weighted by Crippen LogP contribution is 2.21. The third kappa shape index (κ3) is 12.4. The van der Waals surface area contributed by atoms with E-state index >= 15 is 0 Å². The first kappa shape index (κ1) is 23.0. The van der Waals surface area contributed by atoms with Gasteiger partial charge < -0.3 is 5.11 Å². The average molecular weight is 338 g/mol. The summed E-state index contributed by atoms with van der Waals surface area (Å²) in [7, 11) is 0. The highest BCUT2D eigenvalue weighted by molar-refractivity contribution is 4.86. The number of nitrogens with zero attached hydrogens (tertiary/aromatic N) is 3. The van der Waals surface area contributed by atoms with Gasteiger partial charge in [0.25, 0.3) is 0 Å². The summed E-state index contributed by atoms with van der Waals surface area (Å²) >= 11 is 0. The van der Waals surface area contributed by atoms with Gasteiger partial charge in [0.2, 0.25) is 0 Å². The number of aliphatic hydroxyl groups is 1. The molecule has 0 amide bonds. The van der Waals surface area contributed by atoms with Crippen LogP contribution in [0.25, 0.3) is 10.4 Å². The summed E-state index contributed by atoms with van der Waals surface area (Å²) in [6, 6.07) is -0.310. The van der Waals surface area contributed by atoms with E-state index in [1.165, 1.54) is 57.8 Å². The van der Waals surface area contributed by atoms with Gasteiger partial charge in [-0.2, -0.15) is 0 Å². The summed E-state index contributed by atoms with van der Waals surface area (Å²) < 4.78 is 0. The summed E-state index contributed by atoms with van der Waals surface area (Å²) in [5, 5.41) is 12.9.